The first-order chi connectivity index (χ1) is 11.7. The SMILES string of the molecule is CCCC1(CCC)NC(=O)N(Cc2ccc(S(=O)(=O)N(C)C)o2)C1=O. The van der Waals surface area contributed by atoms with Crippen LogP contribution in [0.15, 0.2) is 21.6 Å². The number of imide groups is 1. The highest BCUT2D eigenvalue weighted by Crippen LogP contribution is 2.29. The molecule has 9 heteroatoms. The zero-order valence-corrected chi connectivity index (χ0v) is 15.9. The Bertz CT molecular complexity index is 748. The lowest BCUT2D eigenvalue weighted by Crippen LogP contribution is -2.46. The van der Waals surface area contributed by atoms with Crippen molar-refractivity contribution in [1.82, 2.24) is 14.5 Å². The first-order valence-corrected chi connectivity index (χ1v) is 9.77. The third-order valence-corrected chi connectivity index (χ3v) is 5.97. The highest BCUT2D eigenvalue weighted by atomic mass is 32.2. The molecule has 0 bridgehead atoms. The number of hydrogen-bond acceptors (Lipinski definition) is 5. The molecule has 3 amide bonds. The molecular weight excluding hydrogens is 346 g/mol. The fourth-order valence-corrected chi connectivity index (χ4v) is 3.87. The van der Waals surface area contributed by atoms with E-state index in [-0.39, 0.29) is 23.3 Å². The van der Waals surface area contributed by atoms with Gasteiger partial charge in [-0.3, -0.25) is 9.69 Å². The van der Waals surface area contributed by atoms with Gasteiger partial charge in [-0.2, -0.15) is 0 Å². The molecule has 2 rings (SSSR count). The van der Waals surface area contributed by atoms with Gasteiger partial charge in [0.1, 0.15) is 11.3 Å². The van der Waals surface area contributed by atoms with Gasteiger partial charge in [0.25, 0.3) is 15.9 Å². The van der Waals surface area contributed by atoms with Crippen molar-refractivity contribution in [2.75, 3.05) is 14.1 Å². The summed E-state index contributed by atoms with van der Waals surface area (Å²) in [5.41, 5.74) is -0.869. The molecule has 0 saturated carbocycles. The third kappa shape index (κ3) is 3.57. The van der Waals surface area contributed by atoms with Crippen LogP contribution in [0.5, 0.6) is 0 Å². The van der Waals surface area contributed by atoms with Gasteiger partial charge in [-0.15, -0.1) is 0 Å². The zero-order chi connectivity index (χ0) is 18.8. The average molecular weight is 371 g/mol. The van der Waals surface area contributed by atoms with Gasteiger partial charge in [0, 0.05) is 14.1 Å². The molecule has 0 atom stereocenters. The Morgan fingerprint density at radius 2 is 1.76 bits per heavy atom. The van der Waals surface area contributed by atoms with Crippen LogP contribution in [0.3, 0.4) is 0 Å². The predicted octanol–water partition coefficient (Wildman–Crippen LogP) is 1.92. The fourth-order valence-electron chi connectivity index (χ4n) is 3.05. The van der Waals surface area contributed by atoms with Crippen molar-refractivity contribution >= 4 is 22.0 Å². The van der Waals surface area contributed by atoms with Gasteiger partial charge in [0.05, 0.1) is 6.54 Å². The van der Waals surface area contributed by atoms with E-state index in [4.69, 9.17) is 4.42 Å². The summed E-state index contributed by atoms with van der Waals surface area (Å²) in [4.78, 5) is 26.2. The normalized spacial score (nSPS) is 17.4. The van der Waals surface area contributed by atoms with E-state index in [0.29, 0.717) is 12.8 Å². The smallest absolute Gasteiger partial charge is 0.325 e. The summed E-state index contributed by atoms with van der Waals surface area (Å²) in [6.07, 6.45) is 2.68. The standard InChI is InChI=1S/C16H25N3O5S/c1-5-9-16(10-6-2)14(20)19(15(21)17-16)11-12-7-8-13(24-12)25(22,23)18(3)4/h7-8H,5-6,9-11H2,1-4H3,(H,17,21). The second kappa shape index (κ2) is 7.17. The minimum absolute atomic E-state index is 0.0945. The topological polar surface area (TPSA) is 99.9 Å². The second-order valence-electron chi connectivity index (χ2n) is 6.41. The van der Waals surface area contributed by atoms with Crippen LogP contribution >= 0.6 is 0 Å². The van der Waals surface area contributed by atoms with E-state index in [1.165, 1.54) is 26.2 Å². The summed E-state index contributed by atoms with van der Waals surface area (Å²) in [7, 11) is -0.891. The molecule has 1 saturated heterocycles. The molecule has 0 radical (unpaired) electrons. The van der Waals surface area contributed by atoms with Crippen molar-refractivity contribution in [3.05, 3.63) is 17.9 Å². The number of hydrogen-bond donors (Lipinski definition) is 1. The fraction of sp³-hybridized carbons (Fsp3) is 0.625. The molecule has 1 aliphatic rings. The van der Waals surface area contributed by atoms with Crippen molar-refractivity contribution in [2.24, 2.45) is 0 Å². The highest BCUT2D eigenvalue weighted by Gasteiger charge is 2.49. The Kier molecular flexibility index (Phi) is 5.58. The van der Waals surface area contributed by atoms with Gasteiger partial charge in [0.2, 0.25) is 5.09 Å². The van der Waals surface area contributed by atoms with E-state index in [1.807, 2.05) is 13.8 Å². The lowest BCUT2D eigenvalue weighted by molar-refractivity contribution is -0.132. The number of rotatable bonds is 8. The van der Waals surface area contributed by atoms with Crippen LogP contribution in [0.1, 0.15) is 45.3 Å². The van der Waals surface area contributed by atoms with Crippen molar-refractivity contribution in [3.63, 3.8) is 0 Å². The predicted molar refractivity (Wildman–Crippen MR) is 91.2 cm³/mol. The quantitative estimate of drug-likeness (QED) is 0.704. The van der Waals surface area contributed by atoms with Gasteiger partial charge in [-0.05, 0) is 25.0 Å². The van der Waals surface area contributed by atoms with Gasteiger partial charge in [-0.1, -0.05) is 26.7 Å². The van der Waals surface area contributed by atoms with E-state index in [2.05, 4.69) is 5.32 Å². The molecule has 140 valence electrons. The lowest BCUT2D eigenvalue weighted by atomic mass is 9.88. The molecule has 25 heavy (non-hydrogen) atoms. The van der Waals surface area contributed by atoms with Crippen LogP contribution < -0.4 is 5.32 Å². The van der Waals surface area contributed by atoms with Gasteiger partial charge in [-0.25, -0.2) is 17.5 Å². The zero-order valence-electron chi connectivity index (χ0n) is 15.0. The van der Waals surface area contributed by atoms with Gasteiger partial charge in [0.15, 0.2) is 0 Å². The van der Waals surface area contributed by atoms with E-state index in [9.17, 15) is 18.0 Å². The Morgan fingerprint density at radius 3 is 2.28 bits per heavy atom. The van der Waals surface area contributed by atoms with Crippen LogP contribution in [-0.4, -0.2) is 49.2 Å². The molecule has 1 N–H and O–H groups in total. The molecule has 1 aromatic rings. The molecule has 0 aromatic carbocycles. The number of amides is 3. The first kappa shape index (κ1) is 19.5. The van der Waals surface area contributed by atoms with Gasteiger partial charge < -0.3 is 9.73 Å². The minimum atomic E-state index is -3.69. The van der Waals surface area contributed by atoms with Crippen LogP contribution in [0.2, 0.25) is 0 Å². The maximum atomic E-state index is 12.8. The monoisotopic (exact) mass is 371 g/mol. The van der Waals surface area contributed by atoms with Crippen molar-refractivity contribution in [2.45, 2.75) is 56.7 Å². The Morgan fingerprint density at radius 1 is 1.16 bits per heavy atom. The minimum Gasteiger partial charge on any atom is -0.446 e. The average Bonchev–Trinajstić information content (AvgIpc) is 3.08. The molecule has 0 aliphatic carbocycles. The number of nitrogens with one attached hydrogen (secondary N) is 1. The second-order valence-corrected chi connectivity index (χ2v) is 8.49. The number of sulfonamides is 1. The Balaban J connectivity index is 2.22. The van der Waals surface area contributed by atoms with Crippen LogP contribution in [0.25, 0.3) is 0 Å². The summed E-state index contributed by atoms with van der Waals surface area (Å²) >= 11 is 0. The molecule has 0 spiro atoms. The number of nitrogens with zero attached hydrogens (tertiary/aromatic N) is 2. The highest BCUT2D eigenvalue weighted by molar-refractivity contribution is 7.88. The van der Waals surface area contributed by atoms with Crippen LogP contribution in [-0.2, 0) is 21.4 Å². The number of furan rings is 1. The molecule has 8 nitrogen and oxygen atoms in total. The van der Waals surface area contributed by atoms with Crippen LogP contribution in [0, 0.1) is 0 Å². The third-order valence-electron chi connectivity index (χ3n) is 4.29. The van der Waals surface area contributed by atoms with Gasteiger partial charge >= 0.3 is 6.03 Å². The van der Waals surface area contributed by atoms with E-state index >= 15 is 0 Å². The van der Waals surface area contributed by atoms with E-state index in [0.717, 1.165) is 22.0 Å². The number of carbonyl (C=O) groups is 2. The van der Waals surface area contributed by atoms with E-state index < -0.39 is 21.6 Å². The Hall–Kier alpha value is -1.87. The first-order valence-electron chi connectivity index (χ1n) is 8.33. The summed E-state index contributed by atoms with van der Waals surface area (Å²) in [5, 5.41) is 2.60. The summed E-state index contributed by atoms with van der Waals surface area (Å²) in [6.45, 7) is 3.83. The summed E-state index contributed by atoms with van der Waals surface area (Å²) in [6, 6.07) is 2.32. The van der Waals surface area contributed by atoms with Crippen LogP contribution in [0.4, 0.5) is 4.79 Å². The number of urea groups is 1. The molecule has 2 heterocycles. The number of carbonyl (C=O) groups excluding carboxylic acids is 2. The van der Waals surface area contributed by atoms with E-state index in [1.54, 1.807) is 0 Å². The lowest BCUT2D eigenvalue weighted by Gasteiger charge is -2.25. The molecular formula is C16H25N3O5S. The van der Waals surface area contributed by atoms with Crippen molar-refractivity contribution in [3.8, 4) is 0 Å². The molecule has 1 fully saturated rings. The molecule has 1 aliphatic heterocycles. The molecule has 1 aromatic heterocycles. The molecule has 0 unspecified atom stereocenters. The Labute approximate surface area is 148 Å². The summed E-state index contributed by atoms with van der Waals surface area (Å²) in [5.74, 6) is -0.0395. The maximum Gasteiger partial charge on any atom is 0.325 e. The largest absolute Gasteiger partial charge is 0.446 e. The van der Waals surface area contributed by atoms with Crippen molar-refractivity contribution < 1.29 is 22.4 Å². The summed E-state index contributed by atoms with van der Waals surface area (Å²) < 4.78 is 30.5. The maximum absolute atomic E-state index is 12.8. The van der Waals surface area contributed by atoms with Crippen molar-refractivity contribution in [1.29, 1.82) is 0 Å².